The van der Waals surface area contributed by atoms with Crippen molar-refractivity contribution >= 4 is 28.7 Å². The van der Waals surface area contributed by atoms with Gasteiger partial charge in [-0.1, -0.05) is 6.07 Å². The van der Waals surface area contributed by atoms with Gasteiger partial charge in [-0.2, -0.15) is 39.5 Å². The topological polar surface area (TPSA) is 50.3 Å². The van der Waals surface area contributed by atoms with Crippen molar-refractivity contribution in [3.8, 4) is 0 Å². The third-order valence-corrected chi connectivity index (χ3v) is 9.14. The fourth-order valence-electron chi connectivity index (χ4n) is 6.46. The zero-order chi connectivity index (χ0) is 35.7. The van der Waals surface area contributed by atoms with Crippen LogP contribution in [-0.2, 0) is 29.9 Å². The minimum absolute atomic E-state index is 0.0999. The zero-order valence-corrected chi connectivity index (χ0v) is 26.5. The molecule has 0 radical (unpaired) electrons. The summed E-state index contributed by atoms with van der Waals surface area (Å²) in [6.45, 7) is 2.91. The van der Waals surface area contributed by atoms with Crippen LogP contribution >= 0.6 is 0 Å². The Kier molecular flexibility index (Phi) is 10.2. The van der Waals surface area contributed by atoms with Gasteiger partial charge < -0.3 is 24.7 Å². The van der Waals surface area contributed by atoms with Gasteiger partial charge in [0.15, 0.2) is 0 Å². The molecule has 0 amide bonds. The molecule has 2 heterocycles. The average Bonchev–Trinajstić information content (AvgIpc) is 3.06. The van der Waals surface area contributed by atoms with Crippen LogP contribution < -0.4 is 19.6 Å². The number of nitrogens with zero attached hydrogens (tertiary/aromatic N) is 4. The Hall–Kier alpha value is -4.30. The van der Waals surface area contributed by atoms with Gasteiger partial charge in [-0.05, 0) is 79.9 Å². The van der Waals surface area contributed by atoms with E-state index < -0.39 is 47.1 Å². The Morgan fingerprint density at radius 1 is 0.714 bits per heavy atom. The minimum atomic E-state index is -4.78. The third kappa shape index (κ3) is 8.30. The molecule has 3 aromatic carbocycles. The predicted molar refractivity (Wildman–Crippen MR) is 168 cm³/mol. The molecule has 0 unspecified atom stereocenters. The fraction of sp³-hybridized carbons (Fsp3) is 0.441. The summed E-state index contributed by atoms with van der Waals surface area (Å²) in [6, 6.07) is 11.8. The number of piperazine rings is 1. The number of anilines is 4. The number of hydrogen-bond donors (Lipinski definition) is 1. The number of benzene rings is 3. The van der Waals surface area contributed by atoms with E-state index in [-0.39, 0.29) is 56.2 Å². The number of alkyl halides is 9. The Bertz CT molecular complexity index is 1630. The lowest BCUT2D eigenvalue weighted by Crippen LogP contribution is -2.47. The van der Waals surface area contributed by atoms with E-state index in [1.54, 1.807) is 16.7 Å². The second-order valence-electron chi connectivity index (χ2n) is 12.2. The average molecular weight is 703 g/mol. The van der Waals surface area contributed by atoms with Gasteiger partial charge in [-0.25, -0.2) is 0 Å². The van der Waals surface area contributed by atoms with E-state index >= 15 is 0 Å². The maximum absolute atomic E-state index is 14.5. The number of halogens is 9. The van der Waals surface area contributed by atoms with Crippen molar-refractivity contribution in [1.29, 1.82) is 0 Å². The minimum Gasteiger partial charge on any atom is -0.481 e. The summed E-state index contributed by atoms with van der Waals surface area (Å²) in [4.78, 5) is 18.0. The number of piperidine rings is 1. The van der Waals surface area contributed by atoms with E-state index in [1.165, 1.54) is 35.2 Å². The van der Waals surface area contributed by atoms with Gasteiger partial charge in [0.2, 0.25) is 0 Å². The largest absolute Gasteiger partial charge is 0.481 e. The summed E-state index contributed by atoms with van der Waals surface area (Å²) in [7, 11) is 0. The van der Waals surface area contributed by atoms with Crippen LogP contribution in [-0.4, -0.2) is 56.9 Å². The summed E-state index contributed by atoms with van der Waals surface area (Å²) in [5, 5.41) is 9.36. The van der Waals surface area contributed by atoms with E-state index in [4.69, 9.17) is 0 Å². The van der Waals surface area contributed by atoms with E-state index in [2.05, 4.69) is 0 Å². The molecule has 49 heavy (non-hydrogen) atoms. The summed E-state index contributed by atoms with van der Waals surface area (Å²) >= 11 is 0. The first-order chi connectivity index (χ1) is 23.0. The first-order valence-electron chi connectivity index (χ1n) is 15.8. The molecule has 0 bridgehead atoms. The lowest BCUT2D eigenvalue weighted by Gasteiger charge is -2.39. The smallest absolute Gasteiger partial charge is 0.418 e. The molecule has 0 saturated carbocycles. The van der Waals surface area contributed by atoms with Gasteiger partial charge in [-0.3, -0.25) is 4.79 Å². The first kappa shape index (κ1) is 36.0. The molecular weight excluding hydrogens is 667 g/mol. The summed E-state index contributed by atoms with van der Waals surface area (Å²) in [5.74, 6) is -1.50. The molecule has 6 nitrogen and oxygen atoms in total. The first-order valence-corrected chi connectivity index (χ1v) is 15.8. The van der Waals surface area contributed by atoms with E-state index in [1.807, 2.05) is 4.90 Å². The Labute approximate surface area is 277 Å². The third-order valence-electron chi connectivity index (χ3n) is 9.14. The lowest BCUT2D eigenvalue weighted by molar-refractivity contribution is -0.142. The molecule has 2 aliphatic heterocycles. The van der Waals surface area contributed by atoms with Crippen LogP contribution in [0.2, 0.25) is 0 Å². The van der Waals surface area contributed by atoms with Crippen molar-refractivity contribution in [2.45, 2.75) is 44.8 Å². The number of carboxylic acid groups (broad SMARTS) is 1. The zero-order valence-electron chi connectivity index (χ0n) is 26.5. The highest BCUT2D eigenvalue weighted by atomic mass is 19.4. The standard InChI is InChI=1S/C34H35F9N4O2/c1-2-44(21-23-18-25(33(38,39)40)6-8-29(23)46-12-10-22(11-13-46)31(48)49)27-7-9-30(28(20-27)34(41,42)43)47-16-14-45(15-17-47)26-5-3-4-24(19-26)32(35,36)37/h3-9,18-20,22H,2,10-17,21H2,1H3,(H,48,49). The number of aliphatic carboxylic acids is 1. The quantitative estimate of drug-likeness (QED) is 0.238. The number of carbonyl (C=O) groups is 1. The monoisotopic (exact) mass is 702 g/mol. The maximum Gasteiger partial charge on any atom is 0.418 e. The van der Waals surface area contributed by atoms with Crippen molar-refractivity contribution < 1.29 is 49.4 Å². The SMILES string of the molecule is CCN(Cc1cc(C(F)(F)F)ccc1N1CCC(C(=O)O)CC1)c1ccc(N2CCN(c3cccc(C(F)(F)F)c3)CC2)c(C(F)(F)F)c1. The van der Waals surface area contributed by atoms with Crippen molar-refractivity contribution in [3.63, 3.8) is 0 Å². The van der Waals surface area contributed by atoms with E-state index in [9.17, 15) is 49.4 Å². The number of rotatable bonds is 8. The van der Waals surface area contributed by atoms with Crippen LogP contribution in [0.5, 0.6) is 0 Å². The molecule has 1 N–H and O–H groups in total. The molecule has 266 valence electrons. The number of hydrogen-bond acceptors (Lipinski definition) is 5. The summed E-state index contributed by atoms with van der Waals surface area (Å²) in [5.41, 5.74) is -1.58. The molecule has 2 fully saturated rings. The van der Waals surface area contributed by atoms with Crippen LogP contribution in [0, 0.1) is 5.92 Å². The molecule has 2 aliphatic rings. The van der Waals surface area contributed by atoms with Gasteiger partial charge in [-0.15, -0.1) is 0 Å². The number of carboxylic acids is 1. The lowest BCUT2D eigenvalue weighted by atomic mass is 9.95. The van der Waals surface area contributed by atoms with Crippen molar-refractivity contribution in [1.82, 2.24) is 0 Å². The summed E-state index contributed by atoms with van der Waals surface area (Å²) < 4.78 is 124. The van der Waals surface area contributed by atoms with E-state index in [0.29, 0.717) is 37.3 Å². The van der Waals surface area contributed by atoms with Crippen molar-refractivity contribution in [3.05, 3.63) is 82.9 Å². The Morgan fingerprint density at radius 2 is 1.29 bits per heavy atom. The molecule has 0 aliphatic carbocycles. The van der Waals surface area contributed by atoms with Crippen LogP contribution in [0.1, 0.15) is 42.0 Å². The maximum atomic E-state index is 14.5. The summed E-state index contributed by atoms with van der Waals surface area (Å²) in [6.07, 6.45) is -13.4. The van der Waals surface area contributed by atoms with E-state index in [0.717, 1.165) is 30.3 Å². The normalized spacial score (nSPS) is 16.7. The molecule has 5 rings (SSSR count). The fourth-order valence-corrected chi connectivity index (χ4v) is 6.46. The van der Waals surface area contributed by atoms with Crippen LogP contribution in [0.25, 0.3) is 0 Å². The predicted octanol–water partition coefficient (Wildman–Crippen LogP) is 8.40. The molecule has 0 atom stereocenters. The Balaban J connectivity index is 1.39. The molecule has 0 spiro atoms. The second-order valence-corrected chi connectivity index (χ2v) is 12.2. The van der Waals surface area contributed by atoms with Gasteiger partial charge in [0.1, 0.15) is 0 Å². The molecule has 15 heteroatoms. The van der Waals surface area contributed by atoms with Crippen molar-refractivity contribution in [2.75, 3.05) is 65.4 Å². The molecule has 2 saturated heterocycles. The van der Waals surface area contributed by atoms with Gasteiger partial charge >= 0.3 is 24.5 Å². The van der Waals surface area contributed by atoms with Crippen LogP contribution in [0.15, 0.2) is 60.7 Å². The molecular formula is C34H35F9N4O2. The van der Waals surface area contributed by atoms with Gasteiger partial charge in [0.05, 0.1) is 22.6 Å². The molecule has 0 aromatic heterocycles. The Morgan fingerprint density at radius 3 is 1.86 bits per heavy atom. The highest BCUT2D eigenvalue weighted by molar-refractivity contribution is 5.71. The van der Waals surface area contributed by atoms with Crippen LogP contribution in [0.4, 0.5) is 62.3 Å². The second kappa shape index (κ2) is 13.9. The van der Waals surface area contributed by atoms with Gasteiger partial charge in [0, 0.05) is 75.1 Å². The highest BCUT2D eigenvalue weighted by Gasteiger charge is 2.37. The molecule has 3 aromatic rings. The highest BCUT2D eigenvalue weighted by Crippen LogP contribution is 2.41. The van der Waals surface area contributed by atoms with Crippen LogP contribution in [0.3, 0.4) is 0 Å². The van der Waals surface area contributed by atoms with Gasteiger partial charge in [0.25, 0.3) is 0 Å². The van der Waals surface area contributed by atoms with Crippen molar-refractivity contribution in [2.24, 2.45) is 5.92 Å².